The van der Waals surface area contributed by atoms with Crippen molar-refractivity contribution in [3.8, 4) is 5.75 Å². The zero-order chi connectivity index (χ0) is 25.1. The van der Waals surface area contributed by atoms with Crippen LogP contribution < -0.4 is 10.1 Å². The standard InChI is InChI=1S/C28H28ClNO4S/c1-16-10-19(15-30-28(33)27-18(3)24-14-21(29)6-8-25(24)35-27)13-23(11-16)34-22-7-4-20(17(2)12-22)5-9-26(31)32/h4,6-8,10,12-14,23H,5,9,11,15H2,1-3H3,(H,30,33)(H,31,32). The molecule has 4 rings (SSSR count). The smallest absolute Gasteiger partial charge is 0.303 e. The highest BCUT2D eigenvalue weighted by molar-refractivity contribution is 7.21. The molecule has 1 atom stereocenters. The van der Waals surface area contributed by atoms with Crippen LogP contribution in [0, 0.1) is 13.8 Å². The second kappa shape index (κ2) is 10.7. The average Bonchev–Trinajstić information content (AvgIpc) is 3.12. The summed E-state index contributed by atoms with van der Waals surface area (Å²) < 4.78 is 7.27. The Morgan fingerprint density at radius 3 is 2.71 bits per heavy atom. The molecule has 5 nitrogen and oxygen atoms in total. The van der Waals surface area contributed by atoms with Gasteiger partial charge in [-0.25, -0.2) is 0 Å². The Labute approximate surface area is 214 Å². The average molecular weight is 510 g/mol. The fraction of sp³-hybridized carbons (Fsp3) is 0.286. The summed E-state index contributed by atoms with van der Waals surface area (Å²) in [5, 5.41) is 13.6. The molecule has 182 valence electrons. The minimum Gasteiger partial charge on any atom is -0.486 e. The molecule has 1 heterocycles. The summed E-state index contributed by atoms with van der Waals surface area (Å²) in [6.45, 7) is 6.40. The molecule has 0 aliphatic heterocycles. The topological polar surface area (TPSA) is 75.6 Å². The minimum absolute atomic E-state index is 0.0950. The Hall–Kier alpha value is -3.09. The van der Waals surface area contributed by atoms with Crippen molar-refractivity contribution in [1.29, 1.82) is 0 Å². The molecular weight excluding hydrogens is 482 g/mol. The number of hydrogen-bond donors (Lipinski definition) is 2. The van der Waals surface area contributed by atoms with Crippen LogP contribution in [-0.4, -0.2) is 29.6 Å². The van der Waals surface area contributed by atoms with Gasteiger partial charge in [-0.1, -0.05) is 29.3 Å². The number of carbonyl (C=O) groups excluding carboxylic acids is 1. The third kappa shape index (κ3) is 6.13. The number of amides is 1. The lowest BCUT2D eigenvalue weighted by atomic mass is 9.98. The van der Waals surface area contributed by atoms with Crippen LogP contribution in [0.25, 0.3) is 10.1 Å². The highest BCUT2D eigenvalue weighted by Gasteiger charge is 2.18. The van der Waals surface area contributed by atoms with Crippen molar-refractivity contribution in [3.05, 3.63) is 86.3 Å². The van der Waals surface area contributed by atoms with Gasteiger partial charge in [-0.15, -0.1) is 11.3 Å². The molecular formula is C28H28ClNO4S. The monoisotopic (exact) mass is 509 g/mol. The first-order valence-electron chi connectivity index (χ1n) is 11.5. The summed E-state index contributed by atoms with van der Waals surface area (Å²) in [7, 11) is 0. The third-order valence-electron chi connectivity index (χ3n) is 6.12. The molecule has 0 saturated heterocycles. The van der Waals surface area contributed by atoms with Crippen LogP contribution in [0.4, 0.5) is 0 Å². The van der Waals surface area contributed by atoms with Crippen LogP contribution >= 0.6 is 22.9 Å². The van der Waals surface area contributed by atoms with E-state index in [9.17, 15) is 9.59 Å². The van der Waals surface area contributed by atoms with Crippen LogP contribution in [0.1, 0.15) is 46.1 Å². The van der Waals surface area contributed by atoms with Crippen LogP contribution in [0.5, 0.6) is 5.75 Å². The van der Waals surface area contributed by atoms with Gasteiger partial charge in [-0.2, -0.15) is 0 Å². The van der Waals surface area contributed by atoms with E-state index >= 15 is 0 Å². The number of aliphatic carboxylic acids is 1. The predicted molar refractivity (Wildman–Crippen MR) is 142 cm³/mol. The number of rotatable bonds is 8. The van der Waals surface area contributed by atoms with E-state index in [4.69, 9.17) is 21.4 Å². The molecule has 1 aliphatic carbocycles. The van der Waals surface area contributed by atoms with Crippen molar-refractivity contribution in [2.45, 2.75) is 46.1 Å². The number of aryl methyl sites for hydroxylation is 3. The Kier molecular flexibility index (Phi) is 7.63. The molecule has 0 bridgehead atoms. The quantitative estimate of drug-likeness (QED) is 0.357. The van der Waals surface area contributed by atoms with Crippen LogP contribution in [0.2, 0.25) is 5.02 Å². The van der Waals surface area contributed by atoms with E-state index in [1.54, 1.807) is 0 Å². The van der Waals surface area contributed by atoms with Gasteiger partial charge >= 0.3 is 5.97 Å². The van der Waals surface area contributed by atoms with E-state index in [1.807, 2.05) is 50.2 Å². The number of thiophene rings is 1. The van der Waals surface area contributed by atoms with Gasteiger partial charge < -0.3 is 15.2 Å². The van der Waals surface area contributed by atoms with Crippen molar-refractivity contribution in [3.63, 3.8) is 0 Å². The number of benzene rings is 2. The normalized spacial score (nSPS) is 15.5. The lowest BCUT2D eigenvalue weighted by Crippen LogP contribution is -2.27. The van der Waals surface area contributed by atoms with E-state index < -0.39 is 5.97 Å². The number of hydrogen-bond acceptors (Lipinski definition) is 4. The van der Waals surface area contributed by atoms with Gasteiger partial charge in [0, 0.05) is 29.1 Å². The maximum Gasteiger partial charge on any atom is 0.303 e. The zero-order valence-corrected chi connectivity index (χ0v) is 21.6. The number of halogens is 1. The molecule has 2 aromatic carbocycles. The molecule has 2 N–H and O–H groups in total. The van der Waals surface area contributed by atoms with Crippen molar-refractivity contribution in [2.24, 2.45) is 0 Å². The molecule has 0 fully saturated rings. The van der Waals surface area contributed by atoms with Crippen LogP contribution in [0.15, 0.2) is 59.7 Å². The number of fused-ring (bicyclic) bond motifs is 1. The zero-order valence-electron chi connectivity index (χ0n) is 20.0. The maximum atomic E-state index is 12.9. The van der Waals surface area contributed by atoms with Crippen molar-refractivity contribution in [1.82, 2.24) is 5.32 Å². The summed E-state index contributed by atoms with van der Waals surface area (Å²) in [5.41, 5.74) is 5.16. The second-order valence-electron chi connectivity index (χ2n) is 8.95. The third-order valence-corrected chi connectivity index (χ3v) is 7.63. The first-order valence-corrected chi connectivity index (χ1v) is 12.7. The number of carboxylic acid groups (broad SMARTS) is 1. The van der Waals surface area contributed by atoms with Gasteiger partial charge in [-0.05, 0) is 91.2 Å². The summed E-state index contributed by atoms with van der Waals surface area (Å²) in [6.07, 6.45) is 5.40. The Morgan fingerprint density at radius 1 is 1.17 bits per heavy atom. The largest absolute Gasteiger partial charge is 0.486 e. The molecule has 0 radical (unpaired) electrons. The molecule has 3 aromatic rings. The Balaban J connectivity index is 1.41. The Bertz CT molecular complexity index is 1350. The van der Waals surface area contributed by atoms with E-state index in [1.165, 1.54) is 16.9 Å². The van der Waals surface area contributed by atoms with Crippen molar-refractivity contribution in [2.75, 3.05) is 6.54 Å². The molecule has 7 heteroatoms. The van der Waals surface area contributed by atoms with Crippen molar-refractivity contribution >= 4 is 44.9 Å². The first-order chi connectivity index (χ1) is 16.7. The SMILES string of the molecule is CC1=CC(CNC(=O)c2sc3ccc(Cl)cc3c2C)=CC(Oc2ccc(CCC(=O)O)c(C)c2)C1. The maximum absolute atomic E-state index is 12.9. The highest BCUT2D eigenvalue weighted by atomic mass is 35.5. The number of carboxylic acids is 1. The number of ether oxygens (including phenoxy) is 1. The van der Waals surface area contributed by atoms with Gasteiger partial charge in [0.25, 0.3) is 5.91 Å². The lowest BCUT2D eigenvalue weighted by molar-refractivity contribution is -0.136. The lowest BCUT2D eigenvalue weighted by Gasteiger charge is -2.22. The van der Waals surface area contributed by atoms with Crippen molar-refractivity contribution < 1.29 is 19.4 Å². The molecule has 1 amide bonds. The summed E-state index contributed by atoms with van der Waals surface area (Å²) >= 11 is 7.60. The summed E-state index contributed by atoms with van der Waals surface area (Å²) in [5.74, 6) is -0.145. The predicted octanol–water partition coefficient (Wildman–Crippen LogP) is 6.64. The van der Waals surface area contributed by atoms with E-state index in [0.29, 0.717) is 22.9 Å². The second-order valence-corrected chi connectivity index (χ2v) is 10.4. The van der Waals surface area contributed by atoms with Gasteiger partial charge in [-0.3, -0.25) is 9.59 Å². The van der Waals surface area contributed by atoms with Crippen LogP contribution in [0.3, 0.4) is 0 Å². The van der Waals surface area contributed by atoms with E-state index in [0.717, 1.165) is 44.5 Å². The molecule has 1 aromatic heterocycles. The molecule has 1 unspecified atom stereocenters. The van der Waals surface area contributed by atoms with Gasteiger partial charge in [0.15, 0.2) is 0 Å². The van der Waals surface area contributed by atoms with Crippen LogP contribution in [-0.2, 0) is 11.2 Å². The Morgan fingerprint density at radius 2 is 1.97 bits per heavy atom. The fourth-order valence-electron chi connectivity index (χ4n) is 4.34. The van der Waals surface area contributed by atoms with E-state index in [2.05, 4.69) is 24.4 Å². The van der Waals surface area contributed by atoms with E-state index in [-0.39, 0.29) is 18.4 Å². The molecule has 0 spiro atoms. The fourth-order valence-corrected chi connectivity index (χ4v) is 5.61. The molecule has 35 heavy (non-hydrogen) atoms. The molecule has 1 aliphatic rings. The summed E-state index contributed by atoms with van der Waals surface area (Å²) in [4.78, 5) is 24.5. The highest BCUT2D eigenvalue weighted by Crippen LogP contribution is 2.32. The number of nitrogens with one attached hydrogen (secondary N) is 1. The van der Waals surface area contributed by atoms with Gasteiger partial charge in [0.05, 0.1) is 4.88 Å². The van der Waals surface area contributed by atoms with Gasteiger partial charge in [0.1, 0.15) is 11.9 Å². The summed E-state index contributed by atoms with van der Waals surface area (Å²) in [6, 6.07) is 11.5. The molecule has 0 saturated carbocycles. The first kappa shape index (κ1) is 25.0. The van der Waals surface area contributed by atoms with Gasteiger partial charge in [0.2, 0.25) is 0 Å². The minimum atomic E-state index is -0.800. The number of carbonyl (C=O) groups is 2.